The monoisotopic (exact) mass is 622 g/mol. The van der Waals surface area contributed by atoms with Gasteiger partial charge < -0.3 is 15.4 Å². The van der Waals surface area contributed by atoms with Crippen molar-refractivity contribution < 1.29 is 27.9 Å². The Morgan fingerprint density at radius 2 is 2.00 bits per heavy atom. The number of pyridine rings is 1. The Morgan fingerprint density at radius 3 is 2.80 bits per heavy atom. The maximum absolute atomic E-state index is 14.7. The molecule has 13 heteroatoms. The predicted octanol–water partition coefficient (Wildman–Crippen LogP) is 6.74. The molecule has 10 nitrogen and oxygen atoms in total. The number of rotatable bonds is 5. The molecule has 0 saturated heterocycles. The molecule has 44 heavy (non-hydrogen) atoms. The summed E-state index contributed by atoms with van der Waals surface area (Å²) in [4.78, 5) is 42.9. The van der Waals surface area contributed by atoms with Crippen LogP contribution in [0.2, 0.25) is 5.02 Å². The molecule has 2 aromatic carbocycles. The van der Waals surface area contributed by atoms with E-state index in [4.69, 9.17) is 11.6 Å². The number of carbonyl (C=O) groups excluding carboxylic acids is 3. The molecule has 3 amide bonds. The van der Waals surface area contributed by atoms with E-state index in [0.29, 0.717) is 41.9 Å². The number of hydrogen-bond acceptors (Lipinski definition) is 6. The third-order valence-corrected chi connectivity index (χ3v) is 7.76. The Labute approximate surface area is 256 Å². The number of hydrogen-bond donors (Lipinski definition) is 3. The van der Waals surface area contributed by atoms with Crippen LogP contribution in [0.15, 0.2) is 60.9 Å². The molecular formula is C31H29ClF2N6O4. The fraction of sp³-hybridized carbons (Fsp3) is 0.258. The number of alkyl halides is 1. The van der Waals surface area contributed by atoms with Crippen molar-refractivity contribution in [3.63, 3.8) is 0 Å². The first kappa shape index (κ1) is 30.6. The minimum Gasteiger partial charge on any atom is -0.417 e. The van der Waals surface area contributed by atoms with Crippen molar-refractivity contribution in [1.82, 2.24) is 20.1 Å². The second-order valence-electron chi connectivity index (χ2n) is 10.4. The van der Waals surface area contributed by atoms with Crippen molar-refractivity contribution in [2.75, 3.05) is 17.5 Å². The molecule has 3 N–H and O–H groups in total. The van der Waals surface area contributed by atoms with Crippen LogP contribution < -0.4 is 16.0 Å². The molecule has 228 valence electrons. The summed E-state index contributed by atoms with van der Waals surface area (Å²) in [7, 11) is 0. The van der Waals surface area contributed by atoms with E-state index >= 15 is 0 Å². The normalized spacial score (nSPS) is 16.5. The van der Waals surface area contributed by atoms with Crippen LogP contribution >= 0.6 is 11.6 Å². The minimum atomic E-state index is -1.28. The lowest BCUT2D eigenvalue weighted by atomic mass is 9.94. The lowest BCUT2D eigenvalue weighted by molar-refractivity contribution is -0.119. The Kier molecular flexibility index (Phi) is 9.19. The molecular weight excluding hydrogens is 594 g/mol. The summed E-state index contributed by atoms with van der Waals surface area (Å²) in [5.41, 5.74) is 3.39. The molecule has 0 spiro atoms. The Bertz CT molecular complexity index is 1730. The van der Waals surface area contributed by atoms with Crippen LogP contribution in [0.4, 0.5) is 25.0 Å². The number of halogens is 3. The fourth-order valence-electron chi connectivity index (χ4n) is 5.07. The average Bonchev–Trinajstić information content (AvgIpc) is 3.38. The molecule has 1 aliphatic heterocycles. The molecule has 0 aliphatic carbocycles. The maximum atomic E-state index is 14.7. The number of ether oxygens (including phenoxy) is 1. The van der Waals surface area contributed by atoms with Crippen LogP contribution in [0.1, 0.15) is 53.8 Å². The van der Waals surface area contributed by atoms with Gasteiger partial charge >= 0.3 is 6.09 Å². The highest BCUT2D eigenvalue weighted by atomic mass is 35.5. The first-order valence-corrected chi connectivity index (χ1v) is 14.2. The first-order chi connectivity index (χ1) is 21.2. The molecule has 0 unspecified atom stereocenters. The zero-order valence-electron chi connectivity index (χ0n) is 23.9. The van der Waals surface area contributed by atoms with Crippen molar-refractivity contribution in [2.45, 2.75) is 39.2 Å². The quantitative estimate of drug-likeness (QED) is 0.226. The highest BCUT2D eigenvalue weighted by molar-refractivity contribution is 6.30. The smallest absolute Gasteiger partial charge is 0.413 e. The van der Waals surface area contributed by atoms with Crippen molar-refractivity contribution in [3.8, 4) is 16.9 Å². The molecule has 0 radical (unpaired) electrons. The van der Waals surface area contributed by atoms with Gasteiger partial charge in [-0.25, -0.2) is 18.3 Å². The van der Waals surface area contributed by atoms with E-state index in [1.165, 1.54) is 23.0 Å². The number of anilines is 2. The number of benzene rings is 2. The van der Waals surface area contributed by atoms with Gasteiger partial charge in [0, 0.05) is 23.4 Å². The summed E-state index contributed by atoms with van der Waals surface area (Å²) in [6.07, 6.45) is 3.71. The number of amides is 3. The average molecular weight is 623 g/mol. The van der Waals surface area contributed by atoms with Gasteiger partial charge in [-0.2, -0.15) is 5.10 Å². The van der Waals surface area contributed by atoms with E-state index < -0.39 is 30.7 Å². The van der Waals surface area contributed by atoms with Gasteiger partial charge in [-0.3, -0.25) is 19.9 Å². The summed E-state index contributed by atoms with van der Waals surface area (Å²) >= 11 is 5.95. The van der Waals surface area contributed by atoms with Gasteiger partial charge in [-0.05, 0) is 67.8 Å². The number of carbonyl (C=O) groups is 3. The van der Waals surface area contributed by atoms with Gasteiger partial charge in [0.05, 0.1) is 39.9 Å². The number of aromatic nitrogens is 3. The van der Waals surface area contributed by atoms with E-state index in [0.717, 1.165) is 5.56 Å². The van der Waals surface area contributed by atoms with Crippen molar-refractivity contribution in [3.05, 3.63) is 88.6 Å². The predicted molar refractivity (Wildman–Crippen MR) is 161 cm³/mol. The Morgan fingerprint density at radius 1 is 1.18 bits per heavy atom. The van der Waals surface area contributed by atoms with Crippen LogP contribution in [0, 0.1) is 18.7 Å². The molecule has 2 aromatic heterocycles. The standard InChI is InChI=1S/C31H29ClF2N6O4/c1-17-5-3-7-24(38-30(42)22-15-36-40(18(22)2)27-8-4-6-23(32)28(27)34)19-11-12-35-25(13-19)21-10-9-20(37-31(43)44-16-33)14-26(21)39-29(17)41/h4,6,8-15,17,24H,3,5,7,16H2,1-2H3,(H,37,43)(H,38,42)(H,39,41)/t17-,24+/m1/s1. The van der Waals surface area contributed by atoms with E-state index in [1.807, 2.05) is 12.1 Å². The van der Waals surface area contributed by atoms with Gasteiger partial charge in [-0.15, -0.1) is 0 Å². The zero-order chi connectivity index (χ0) is 31.4. The van der Waals surface area contributed by atoms with Crippen LogP contribution in [0.3, 0.4) is 0 Å². The number of nitrogens with one attached hydrogen (secondary N) is 3. The summed E-state index contributed by atoms with van der Waals surface area (Å²) in [6.45, 7) is 2.20. The number of nitrogens with zero attached hydrogens (tertiary/aromatic N) is 3. The first-order valence-electron chi connectivity index (χ1n) is 13.9. The summed E-state index contributed by atoms with van der Waals surface area (Å²) < 4.78 is 32.8. The zero-order valence-corrected chi connectivity index (χ0v) is 24.6. The molecule has 0 fully saturated rings. The minimum absolute atomic E-state index is 0.0543. The molecule has 3 heterocycles. The SMILES string of the molecule is Cc1c(C(=O)N[C@H]2CCC[C@@H](C)C(=O)Nc3cc(NC(=O)OCF)ccc3-c3cc2ccn3)cnn1-c1cccc(Cl)c1F. The molecule has 5 rings (SSSR count). The lowest BCUT2D eigenvalue weighted by Crippen LogP contribution is -2.29. The van der Waals surface area contributed by atoms with Gasteiger partial charge in [-0.1, -0.05) is 31.0 Å². The second kappa shape index (κ2) is 13.2. The van der Waals surface area contributed by atoms with Crippen molar-refractivity contribution in [2.24, 2.45) is 5.92 Å². The second-order valence-corrected chi connectivity index (χ2v) is 10.8. The van der Waals surface area contributed by atoms with Crippen molar-refractivity contribution >= 4 is 40.9 Å². The summed E-state index contributed by atoms with van der Waals surface area (Å²) in [5.74, 6) is -1.64. The summed E-state index contributed by atoms with van der Waals surface area (Å²) in [5, 5.41) is 12.6. The summed E-state index contributed by atoms with van der Waals surface area (Å²) in [6, 6.07) is 12.5. The van der Waals surface area contributed by atoms with E-state index in [-0.39, 0.29) is 33.8 Å². The lowest BCUT2D eigenvalue weighted by Gasteiger charge is -2.23. The Hall–Kier alpha value is -4.84. The van der Waals surface area contributed by atoms with Crippen molar-refractivity contribution in [1.29, 1.82) is 0 Å². The van der Waals surface area contributed by atoms with Crippen LogP contribution in [0.5, 0.6) is 0 Å². The fourth-order valence-corrected chi connectivity index (χ4v) is 5.24. The van der Waals surface area contributed by atoms with Gasteiger partial charge in [0.25, 0.3) is 5.91 Å². The van der Waals surface area contributed by atoms with Crippen LogP contribution in [-0.2, 0) is 9.53 Å². The molecule has 0 saturated carbocycles. The third-order valence-electron chi connectivity index (χ3n) is 7.47. The molecule has 1 aliphatic rings. The third kappa shape index (κ3) is 6.55. The molecule has 2 bridgehead atoms. The van der Waals surface area contributed by atoms with Gasteiger partial charge in [0.1, 0.15) is 5.69 Å². The van der Waals surface area contributed by atoms with Gasteiger partial charge in [0.15, 0.2) is 5.82 Å². The number of fused-ring (bicyclic) bond motifs is 4. The van der Waals surface area contributed by atoms with E-state index in [1.54, 1.807) is 44.3 Å². The Balaban J connectivity index is 1.47. The largest absolute Gasteiger partial charge is 0.417 e. The van der Waals surface area contributed by atoms with Gasteiger partial charge in [0.2, 0.25) is 12.8 Å². The molecule has 2 atom stereocenters. The molecule has 4 aromatic rings. The topological polar surface area (TPSA) is 127 Å². The van der Waals surface area contributed by atoms with E-state index in [2.05, 4.69) is 30.8 Å². The highest BCUT2D eigenvalue weighted by Crippen LogP contribution is 2.33. The maximum Gasteiger partial charge on any atom is 0.413 e. The van der Waals surface area contributed by atoms with Crippen LogP contribution in [-0.4, -0.2) is 39.5 Å². The van der Waals surface area contributed by atoms with Crippen LogP contribution in [0.25, 0.3) is 16.9 Å². The highest BCUT2D eigenvalue weighted by Gasteiger charge is 2.24. The van der Waals surface area contributed by atoms with E-state index in [9.17, 15) is 23.2 Å².